The Labute approximate surface area is 113 Å². The van der Waals surface area contributed by atoms with Crippen molar-refractivity contribution in [2.75, 3.05) is 18.9 Å². The highest BCUT2D eigenvalue weighted by Gasteiger charge is 2.16. The molecule has 2 N–H and O–H groups in total. The summed E-state index contributed by atoms with van der Waals surface area (Å²) in [6.45, 7) is 4.22. The van der Waals surface area contributed by atoms with Gasteiger partial charge in [-0.3, -0.25) is 4.79 Å². The maximum Gasteiger partial charge on any atom is 0.260 e. The highest BCUT2D eigenvalue weighted by Crippen LogP contribution is 2.13. The smallest absolute Gasteiger partial charge is 0.260 e. The Morgan fingerprint density at radius 1 is 1.42 bits per heavy atom. The first-order valence-corrected chi connectivity index (χ1v) is 6.19. The Morgan fingerprint density at radius 2 is 2.05 bits per heavy atom. The van der Waals surface area contributed by atoms with Crippen LogP contribution in [0, 0.1) is 11.3 Å². The maximum absolute atomic E-state index is 12.0. The summed E-state index contributed by atoms with van der Waals surface area (Å²) in [5, 5.41) is 8.58. The molecule has 0 saturated carbocycles. The molecule has 0 bridgehead atoms. The minimum atomic E-state index is -0.123. The lowest BCUT2D eigenvalue weighted by Gasteiger charge is -2.25. The van der Waals surface area contributed by atoms with Crippen molar-refractivity contribution in [2.24, 2.45) is 0 Å². The molecule has 0 aromatic heterocycles. The second-order valence-corrected chi connectivity index (χ2v) is 4.45. The van der Waals surface area contributed by atoms with E-state index in [2.05, 4.69) is 0 Å². The van der Waals surface area contributed by atoms with E-state index in [0.29, 0.717) is 24.4 Å². The van der Waals surface area contributed by atoms with Crippen LogP contribution in [-0.2, 0) is 4.79 Å². The molecule has 0 unspecified atom stereocenters. The van der Waals surface area contributed by atoms with Crippen LogP contribution in [0.15, 0.2) is 24.3 Å². The quantitative estimate of drug-likeness (QED) is 0.792. The third kappa shape index (κ3) is 4.88. The number of amides is 1. The van der Waals surface area contributed by atoms with Gasteiger partial charge in [0.15, 0.2) is 6.61 Å². The lowest BCUT2D eigenvalue weighted by Crippen LogP contribution is -2.40. The number of benzene rings is 1. The summed E-state index contributed by atoms with van der Waals surface area (Å²) in [6, 6.07) is 8.97. The lowest BCUT2D eigenvalue weighted by atomic mass is 10.3. The van der Waals surface area contributed by atoms with E-state index < -0.39 is 0 Å². The Bertz CT molecular complexity index is 449. The number of hydrogen-bond donors (Lipinski definition) is 1. The molecule has 5 heteroatoms. The fourth-order valence-electron chi connectivity index (χ4n) is 1.63. The van der Waals surface area contributed by atoms with Gasteiger partial charge in [-0.05, 0) is 38.1 Å². The monoisotopic (exact) mass is 261 g/mol. The molecule has 1 aromatic carbocycles. The maximum atomic E-state index is 12.0. The van der Waals surface area contributed by atoms with Gasteiger partial charge in [0.25, 0.3) is 5.91 Å². The van der Waals surface area contributed by atoms with E-state index in [-0.39, 0.29) is 18.6 Å². The topological polar surface area (TPSA) is 79.3 Å². The predicted octanol–water partition coefficient (Wildman–Crippen LogP) is 1.80. The van der Waals surface area contributed by atoms with Crippen LogP contribution in [-0.4, -0.2) is 30.0 Å². The van der Waals surface area contributed by atoms with Crippen LogP contribution in [0.4, 0.5) is 5.69 Å². The fourth-order valence-corrected chi connectivity index (χ4v) is 1.63. The zero-order valence-electron chi connectivity index (χ0n) is 11.3. The average molecular weight is 261 g/mol. The average Bonchev–Trinajstić information content (AvgIpc) is 2.38. The number of hydrogen-bond acceptors (Lipinski definition) is 4. The molecule has 1 aromatic rings. The predicted molar refractivity (Wildman–Crippen MR) is 73.4 cm³/mol. The normalized spacial score (nSPS) is 10.0. The second-order valence-electron chi connectivity index (χ2n) is 4.45. The van der Waals surface area contributed by atoms with Crippen molar-refractivity contribution in [1.29, 1.82) is 5.26 Å². The first-order valence-electron chi connectivity index (χ1n) is 6.19. The molecule has 0 heterocycles. The van der Waals surface area contributed by atoms with Crippen LogP contribution in [0.5, 0.6) is 5.75 Å². The van der Waals surface area contributed by atoms with E-state index in [1.54, 1.807) is 29.2 Å². The number of nitrogens with zero attached hydrogens (tertiary/aromatic N) is 2. The summed E-state index contributed by atoms with van der Waals surface area (Å²) in [5.41, 5.74) is 6.21. The molecule has 1 amide bonds. The highest BCUT2D eigenvalue weighted by molar-refractivity contribution is 5.78. The molecule has 0 aliphatic carbocycles. The molecule has 0 saturated heterocycles. The number of anilines is 1. The zero-order chi connectivity index (χ0) is 14.3. The molecule has 1 rings (SSSR count). The van der Waals surface area contributed by atoms with Crippen molar-refractivity contribution in [3.8, 4) is 11.8 Å². The van der Waals surface area contributed by atoms with Crippen molar-refractivity contribution in [2.45, 2.75) is 26.3 Å². The van der Waals surface area contributed by atoms with Crippen molar-refractivity contribution < 1.29 is 9.53 Å². The summed E-state index contributed by atoms with van der Waals surface area (Å²) in [4.78, 5) is 13.6. The number of carbonyl (C=O) groups is 1. The molecule has 19 heavy (non-hydrogen) atoms. The van der Waals surface area contributed by atoms with Crippen molar-refractivity contribution in [1.82, 2.24) is 4.90 Å². The summed E-state index contributed by atoms with van der Waals surface area (Å²) in [5.74, 6) is 0.480. The van der Waals surface area contributed by atoms with Gasteiger partial charge in [0, 0.05) is 18.3 Å². The van der Waals surface area contributed by atoms with Crippen LogP contribution >= 0.6 is 0 Å². The van der Waals surface area contributed by atoms with Gasteiger partial charge in [0.1, 0.15) is 5.75 Å². The van der Waals surface area contributed by atoms with Crippen molar-refractivity contribution in [3.05, 3.63) is 24.3 Å². The molecular weight excluding hydrogens is 242 g/mol. The van der Waals surface area contributed by atoms with E-state index in [1.165, 1.54) is 0 Å². The molecule has 0 atom stereocenters. The standard InChI is InChI=1S/C14H19N3O2/c1-11(2)17(9-3-8-15)14(18)10-19-13-6-4-12(16)5-7-13/h4-7,11H,3,9-10,16H2,1-2H3. The molecule has 5 nitrogen and oxygen atoms in total. The van der Waals surface area contributed by atoms with Crippen molar-refractivity contribution in [3.63, 3.8) is 0 Å². The van der Waals surface area contributed by atoms with Crippen molar-refractivity contribution >= 4 is 11.6 Å². The van der Waals surface area contributed by atoms with E-state index in [4.69, 9.17) is 15.7 Å². The largest absolute Gasteiger partial charge is 0.484 e. The van der Waals surface area contributed by atoms with Crippen LogP contribution in [0.2, 0.25) is 0 Å². The Kier molecular flexibility index (Phi) is 5.68. The Morgan fingerprint density at radius 3 is 2.58 bits per heavy atom. The minimum absolute atomic E-state index is 0.0342. The summed E-state index contributed by atoms with van der Waals surface area (Å²) < 4.78 is 5.40. The van der Waals surface area contributed by atoms with Gasteiger partial charge in [0.2, 0.25) is 0 Å². The lowest BCUT2D eigenvalue weighted by molar-refractivity contribution is -0.135. The summed E-state index contributed by atoms with van der Waals surface area (Å²) in [7, 11) is 0. The first-order chi connectivity index (χ1) is 9.04. The third-order valence-electron chi connectivity index (χ3n) is 2.65. The number of carbonyl (C=O) groups excluding carboxylic acids is 1. The minimum Gasteiger partial charge on any atom is -0.484 e. The third-order valence-corrected chi connectivity index (χ3v) is 2.65. The molecule has 0 radical (unpaired) electrons. The van der Waals surface area contributed by atoms with Gasteiger partial charge in [0.05, 0.1) is 12.5 Å². The number of rotatable bonds is 6. The van der Waals surface area contributed by atoms with Gasteiger partial charge >= 0.3 is 0 Å². The SMILES string of the molecule is CC(C)N(CCC#N)C(=O)COc1ccc(N)cc1. The van der Waals surface area contributed by atoms with E-state index in [9.17, 15) is 4.79 Å². The van der Waals surface area contributed by atoms with Crippen LogP contribution in [0.25, 0.3) is 0 Å². The summed E-state index contributed by atoms with van der Waals surface area (Å²) >= 11 is 0. The summed E-state index contributed by atoms with van der Waals surface area (Å²) in [6.07, 6.45) is 0.325. The van der Waals surface area contributed by atoms with Gasteiger partial charge in [-0.2, -0.15) is 5.26 Å². The number of nitriles is 1. The molecule has 0 spiro atoms. The fraction of sp³-hybridized carbons (Fsp3) is 0.429. The van der Waals surface area contributed by atoms with Crippen LogP contribution in [0.1, 0.15) is 20.3 Å². The van der Waals surface area contributed by atoms with E-state index in [1.807, 2.05) is 19.9 Å². The first kappa shape index (κ1) is 14.8. The number of ether oxygens (including phenoxy) is 1. The molecule has 0 aliphatic heterocycles. The molecule has 0 aliphatic rings. The molecule has 102 valence electrons. The molecule has 0 fully saturated rings. The second kappa shape index (κ2) is 7.27. The van der Waals surface area contributed by atoms with E-state index in [0.717, 1.165) is 0 Å². The Balaban J connectivity index is 2.52. The highest BCUT2D eigenvalue weighted by atomic mass is 16.5. The molecular formula is C14H19N3O2. The number of nitrogens with two attached hydrogens (primary N) is 1. The van der Waals surface area contributed by atoms with Crippen LogP contribution in [0.3, 0.4) is 0 Å². The number of nitrogen functional groups attached to an aromatic ring is 1. The van der Waals surface area contributed by atoms with E-state index >= 15 is 0 Å². The van der Waals surface area contributed by atoms with Crippen LogP contribution < -0.4 is 10.5 Å². The Hall–Kier alpha value is -2.22. The van der Waals surface area contributed by atoms with Gasteiger partial charge in [-0.25, -0.2) is 0 Å². The van der Waals surface area contributed by atoms with Gasteiger partial charge in [-0.1, -0.05) is 0 Å². The van der Waals surface area contributed by atoms with Gasteiger partial charge < -0.3 is 15.4 Å². The van der Waals surface area contributed by atoms with Gasteiger partial charge in [-0.15, -0.1) is 0 Å². The zero-order valence-corrected chi connectivity index (χ0v) is 11.3.